The highest BCUT2D eigenvalue weighted by Gasteiger charge is 2.31. The van der Waals surface area contributed by atoms with Crippen LogP contribution in [-0.2, 0) is 14.6 Å². The first-order valence-corrected chi connectivity index (χ1v) is 9.86. The second-order valence-electron chi connectivity index (χ2n) is 7.22. The van der Waals surface area contributed by atoms with Gasteiger partial charge in [0.1, 0.15) is 0 Å². The first kappa shape index (κ1) is 23.9. The third kappa shape index (κ3) is 7.01. The Morgan fingerprint density at radius 1 is 1.12 bits per heavy atom. The largest absolute Gasteiger partial charge is 0.379 e. The van der Waals surface area contributed by atoms with Crippen molar-refractivity contribution in [1.29, 1.82) is 0 Å². The first-order chi connectivity index (χ1) is 10.5. The highest BCUT2D eigenvalue weighted by molar-refractivity contribution is 14.0. The number of ether oxygens (including phenoxy) is 1. The molecule has 0 spiro atoms. The molecule has 0 aromatic carbocycles. The molecule has 9 heteroatoms. The summed E-state index contributed by atoms with van der Waals surface area (Å²) in [6.45, 7) is 12.2. The molecule has 0 bridgehead atoms. The maximum Gasteiger partial charge on any atom is 0.191 e. The van der Waals surface area contributed by atoms with E-state index in [0.717, 1.165) is 26.3 Å². The third-order valence-electron chi connectivity index (χ3n) is 4.46. The molecule has 2 N–H and O–H groups in total. The van der Waals surface area contributed by atoms with Gasteiger partial charge in [0.25, 0.3) is 0 Å². The van der Waals surface area contributed by atoms with Crippen LogP contribution in [0.2, 0.25) is 0 Å². The monoisotopic (exact) mass is 476 g/mol. The van der Waals surface area contributed by atoms with E-state index in [2.05, 4.69) is 34.4 Å². The normalized spacial score (nSPS) is 18.0. The first-order valence-electron chi connectivity index (χ1n) is 7.96. The molecule has 1 aliphatic rings. The van der Waals surface area contributed by atoms with Gasteiger partial charge in [-0.1, -0.05) is 0 Å². The van der Waals surface area contributed by atoms with Crippen molar-refractivity contribution in [3.63, 3.8) is 0 Å². The number of rotatable bonds is 6. The van der Waals surface area contributed by atoms with Crippen molar-refractivity contribution in [3.05, 3.63) is 0 Å². The minimum absolute atomic E-state index is 0. The Kier molecular flexibility index (Phi) is 9.48. The number of morpholine rings is 1. The lowest BCUT2D eigenvalue weighted by Gasteiger charge is -2.41. The molecule has 1 rings (SSSR count). The summed E-state index contributed by atoms with van der Waals surface area (Å²) in [6, 6.07) is 0. The molecule has 1 saturated heterocycles. The Balaban J connectivity index is 0.00000529. The van der Waals surface area contributed by atoms with E-state index in [1.165, 1.54) is 6.26 Å². The molecule has 0 aromatic heterocycles. The van der Waals surface area contributed by atoms with E-state index in [4.69, 9.17) is 4.74 Å². The summed E-state index contributed by atoms with van der Waals surface area (Å²) in [7, 11) is -1.45. The van der Waals surface area contributed by atoms with Crippen molar-refractivity contribution in [2.45, 2.75) is 38.0 Å². The molecule has 0 aliphatic carbocycles. The topological polar surface area (TPSA) is 83.0 Å². The Bertz CT molecular complexity index is 515. The van der Waals surface area contributed by atoms with Crippen molar-refractivity contribution in [3.8, 4) is 0 Å². The van der Waals surface area contributed by atoms with Gasteiger partial charge in [0.05, 0.1) is 18.0 Å². The Hall–Kier alpha value is -0.130. The molecule has 0 unspecified atom stereocenters. The van der Waals surface area contributed by atoms with Crippen LogP contribution >= 0.6 is 24.0 Å². The minimum atomic E-state index is -3.13. The fourth-order valence-electron chi connectivity index (χ4n) is 2.23. The van der Waals surface area contributed by atoms with Crippen LogP contribution in [0.1, 0.15) is 27.7 Å². The molecule has 24 heavy (non-hydrogen) atoms. The zero-order valence-corrected chi connectivity index (χ0v) is 18.8. The average Bonchev–Trinajstić information content (AvgIpc) is 2.47. The lowest BCUT2D eigenvalue weighted by Crippen LogP contribution is -2.57. The molecule has 1 heterocycles. The van der Waals surface area contributed by atoms with Crippen molar-refractivity contribution in [1.82, 2.24) is 15.5 Å². The van der Waals surface area contributed by atoms with Gasteiger partial charge in [-0.2, -0.15) is 0 Å². The lowest BCUT2D eigenvalue weighted by molar-refractivity contribution is -0.00834. The Morgan fingerprint density at radius 2 is 1.62 bits per heavy atom. The maximum atomic E-state index is 11.8. The molecular formula is C15H33IN4O3S. The summed E-state index contributed by atoms with van der Waals surface area (Å²) in [4.78, 5) is 6.56. The third-order valence-corrected chi connectivity index (χ3v) is 6.62. The second-order valence-corrected chi connectivity index (χ2v) is 9.87. The summed E-state index contributed by atoms with van der Waals surface area (Å²) in [5.41, 5.74) is -0.0340. The Morgan fingerprint density at radius 3 is 2.08 bits per heavy atom. The molecule has 0 saturated carbocycles. The van der Waals surface area contributed by atoms with Gasteiger partial charge in [-0.25, -0.2) is 8.42 Å². The average molecular weight is 476 g/mol. The van der Waals surface area contributed by atoms with Crippen LogP contribution < -0.4 is 10.6 Å². The molecule has 1 fully saturated rings. The number of hydrogen-bond donors (Lipinski definition) is 2. The van der Waals surface area contributed by atoms with Gasteiger partial charge in [0.15, 0.2) is 15.8 Å². The van der Waals surface area contributed by atoms with Crippen LogP contribution in [0.3, 0.4) is 0 Å². The number of nitrogens with one attached hydrogen (secondary N) is 2. The van der Waals surface area contributed by atoms with Crippen LogP contribution in [0.5, 0.6) is 0 Å². The van der Waals surface area contributed by atoms with E-state index in [0.29, 0.717) is 19.0 Å². The number of sulfone groups is 1. The molecular weight excluding hydrogens is 443 g/mol. The number of nitrogens with zero attached hydrogens (tertiary/aromatic N) is 2. The number of halogens is 1. The van der Waals surface area contributed by atoms with Crippen LogP contribution in [0.25, 0.3) is 0 Å². The van der Waals surface area contributed by atoms with Gasteiger partial charge in [0, 0.05) is 45.0 Å². The smallest absolute Gasteiger partial charge is 0.191 e. The maximum absolute atomic E-state index is 11.8. The van der Waals surface area contributed by atoms with Crippen LogP contribution in [0.4, 0.5) is 0 Å². The second kappa shape index (κ2) is 9.54. The van der Waals surface area contributed by atoms with Gasteiger partial charge < -0.3 is 15.4 Å². The predicted octanol–water partition coefficient (Wildman–Crippen LogP) is 0.703. The molecule has 0 amide bonds. The molecule has 0 atom stereocenters. The molecule has 144 valence electrons. The van der Waals surface area contributed by atoms with Gasteiger partial charge in [-0.05, 0) is 27.7 Å². The van der Waals surface area contributed by atoms with E-state index in [9.17, 15) is 8.42 Å². The van der Waals surface area contributed by atoms with Gasteiger partial charge in [0.2, 0.25) is 0 Å². The van der Waals surface area contributed by atoms with Crippen molar-refractivity contribution < 1.29 is 13.2 Å². The van der Waals surface area contributed by atoms with E-state index in [1.54, 1.807) is 20.9 Å². The van der Waals surface area contributed by atoms with E-state index in [1.807, 2.05) is 0 Å². The quantitative estimate of drug-likeness (QED) is 0.334. The van der Waals surface area contributed by atoms with Crippen molar-refractivity contribution >= 4 is 39.8 Å². The highest BCUT2D eigenvalue weighted by Crippen LogP contribution is 2.15. The fraction of sp³-hybridized carbons (Fsp3) is 0.933. The van der Waals surface area contributed by atoms with E-state index in [-0.39, 0.29) is 29.5 Å². The van der Waals surface area contributed by atoms with Crippen LogP contribution in [-0.4, -0.2) is 82.3 Å². The number of aliphatic imine (C=N–C) groups is 1. The molecule has 7 nitrogen and oxygen atoms in total. The van der Waals surface area contributed by atoms with Gasteiger partial charge in [-0.15, -0.1) is 24.0 Å². The summed E-state index contributed by atoms with van der Waals surface area (Å²) < 4.78 is 28.1. The summed E-state index contributed by atoms with van der Waals surface area (Å²) in [6.07, 6.45) is 1.26. The van der Waals surface area contributed by atoms with Gasteiger partial charge in [-0.3, -0.25) is 9.89 Å². The van der Waals surface area contributed by atoms with Gasteiger partial charge >= 0.3 is 0 Å². The van der Waals surface area contributed by atoms with Crippen molar-refractivity contribution in [2.24, 2.45) is 4.99 Å². The summed E-state index contributed by atoms with van der Waals surface area (Å²) >= 11 is 0. The van der Waals surface area contributed by atoms with Crippen molar-refractivity contribution in [2.75, 3.05) is 52.7 Å². The zero-order chi connectivity index (χ0) is 17.7. The fourth-order valence-corrected chi connectivity index (χ4v) is 2.56. The Labute approximate surface area is 163 Å². The van der Waals surface area contributed by atoms with Crippen LogP contribution in [0, 0.1) is 0 Å². The SMILES string of the molecule is CN=C(NCC(C)(C)N1CCOCC1)NCC(C)(C)S(C)(=O)=O.I. The number of guanidine groups is 1. The lowest BCUT2D eigenvalue weighted by atomic mass is 10.0. The zero-order valence-electron chi connectivity index (χ0n) is 15.7. The van der Waals surface area contributed by atoms with E-state index >= 15 is 0 Å². The van der Waals surface area contributed by atoms with E-state index < -0.39 is 14.6 Å². The molecule has 0 aromatic rings. The summed E-state index contributed by atoms with van der Waals surface area (Å²) in [5, 5.41) is 6.40. The number of hydrogen-bond acceptors (Lipinski definition) is 5. The minimum Gasteiger partial charge on any atom is -0.379 e. The standard InChI is InChI=1S/C15H32N4O3S.HI/c1-14(2,19-7-9-22-10-8-19)11-17-13(16-5)18-12-15(3,4)23(6,20)21;/h7-12H2,1-6H3,(H2,16,17,18);1H. The molecule has 0 radical (unpaired) electrons. The molecule has 1 aliphatic heterocycles. The predicted molar refractivity (Wildman–Crippen MR) is 110 cm³/mol. The highest BCUT2D eigenvalue weighted by atomic mass is 127. The summed E-state index contributed by atoms with van der Waals surface area (Å²) in [5.74, 6) is 0.614. The van der Waals surface area contributed by atoms with Crippen LogP contribution in [0.15, 0.2) is 4.99 Å².